The molecule has 0 spiro atoms. The Morgan fingerprint density at radius 1 is 1.33 bits per heavy atom. The highest BCUT2D eigenvalue weighted by Crippen LogP contribution is 2.38. The summed E-state index contributed by atoms with van der Waals surface area (Å²) in [6, 6.07) is 3.30. The zero-order valence-corrected chi connectivity index (χ0v) is 10.1. The van der Waals surface area contributed by atoms with E-state index in [0.29, 0.717) is 12.0 Å². The standard InChI is InChI=1S/C13H15F4N/c1-2-12(6-3-7-18-12)9-4-5-11(14)10(8-9)13(15,16)17/h4-5,8,18H,2-3,6-7H2,1H3. The highest BCUT2D eigenvalue weighted by molar-refractivity contribution is 5.33. The maximum absolute atomic E-state index is 13.2. The number of hydrogen-bond donors (Lipinski definition) is 1. The Kier molecular flexibility index (Phi) is 3.36. The van der Waals surface area contributed by atoms with Crippen LogP contribution in [0.3, 0.4) is 0 Å². The second-order valence-electron chi connectivity index (χ2n) is 4.66. The van der Waals surface area contributed by atoms with Crippen LogP contribution in [0, 0.1) is 5.82 Å². The molecule has 0 bridgehead atoms. The van der Waals surface area contributed by atoms with Gasteiger partial charge in [-0.15, -0.1) is 0 Å². The van der Waals surface area contributed by atoms with E-state index >= 15 is 0 Å². The van der Waals surface area contributed by atoms with Gasteiger partial charge in [-0.1, -0.05) is 13.0 Å². The lowest BCUT2D eigenvalue weighted by Gasteiger charge is -2.29. The molecule has 1 aliphatic rings. The monoisotopic (exact) mass is 261 g/mol. The number of benzene rings is 1. The molecule has 0 saturated carbocycles. The minimum absolute atomic E-state index is 0.437. The molecular weight excluding hydrogens is 246 g/mol. The Morgan fingerprint density at radius 3 is 2.56 bits per heavy atom. The second-order valence-corrected chi connectivity index (χ2v) is 4.66. The molecule has 1 N–H and O–H groups in total. The third-order valence-corrected chi connectivity index (χ3v) is 3.67. The molecule has 0 aliphatic carbocycles. The zero-order valence-electron chi connectivity index (χ0n) is 10.1. The molecule has 1 nitrogen and oxygen atoms in total. The van der Waals surface area contributed by atoms with Crippen LogP contribution < -0.4 is 5.32 Å². The van der Waals surface area contributed by atoms with Crippen LogP contribution in [0.25, 0.3) is 0 Å². The van der Waals surface area contributed by atoms with E-state index in [9.17, 15) is 17.6 Å². The van der Waals surface area contributed by atoms with E-state index in [2.05, 4.69) is 5.32 Å². The lowest BCUT2D eigenvalue weighted by atomic mass is 9.85. The molecule has 5 heteroatoms. The smallest absolute Gasteiger partial charge is 0.307 e. The van der Waals surface area contributed by atoms with Gasteiger partial charge in [0.2, 0.25) is 0 Å². The van der Waals surface area contributed by atoms with Gasteiger partial charge in [-0.3, -0.25) is 0 Å². The fraction of sp³-hybridized carbons (Fsp3) is 0.538. The van der Waals surface area contributed by atoms with E-state index in [1.165, 1.54) is 6.07 Å². The summed E-state index contributed by atoms with van der Waals surface area (Å²) in [7, 11) is 0. The normalized spacial score (nSPS) is 24.5. The van der Waals surface area contributed by atoms with Gasteiger partial charge in [0.15, 0.2) is 0 Å². The summed E-state index contributed by atoms with van der Waals surface area (Å²) in [4.78, 5) is 0. The molecule has 0 radical (unpaired) electrons. The van der Waals surface area contributed by atoms with E-state index in [0.717, 1.165) is 31.5 Å². The van der Waals surface area contributed by atoms with Gasteiger partial charge in [0.1, 0.15) is 5.82 Å². The predicted octanol–water partition coefficient (Wildman–Crippen LogP) is 3.83. The third-order valence-electron chi connectivity index (χ3n) is 3.67. The highest BCUT2D eigenvalue weighted by Gasteiger charge is 2.38. The third kappa shape index (κ3) is 2.23. The fourth-order valence-electron chi connectivity index (χ4n) is 2.60. The van der Waals surface area contributed by atoms with Crippen LogP contribution in [0.2, 0.25) is 0 Å². The van der Waals surface area contributed by atoms with Crippen molar-refractivity contribution in [2.75, 3.05) is 6.54 Å². The first-order valence-corrected chi connectivity index (χ1v) is 6.01. The van der Waals surface area contributed by atoms with Gasteiger partial charge in [-0.05, 0) is 43.5 Å². The second kappa shape index (κ2) is 4.53. The van der Waals surface area contributed by atoms with Crippen molar-refractivity contribution in [2.24, 2.45) is 0 Å². The van der Waals surface area contributed by atoms with Gasteiger partial charge in [0, 0.05) is 5.54 Å². The van der Waals surface area contributed by atoms with Crippen molar-refractivity contribution in [3.63, 3.8) is 0 Å². The van der Waals surface area contributed by atoms with Crippen LogP contribution in [0.15, 0.2) is 18.2 Å². The Labute approximate surface area is 103 Å². The largest absolute Gasteiger partial charge is 0.419 e. The van der Waals surface area contributed by atoms with E-state index in [4.69, 9.17) is 0 Å². The molecule has 100 valence electrons. The number of rotatable bonds is 2. The van der Waals surface area contributed by atoms with Crippen LogP contribution >= 0.6 is 0 Å². The van der Waals surface area contributed by atoms with Gasteiger partial charge < -0.3 is 5.32 Å². The molecule has 1 fully saturated rings. The molecule has 1 atom stereocenters. The quantitative estimate of drug-likeness (QED) is 0.798. The number of alkyl halides is 3. The van der Waals surface area contributed by atoms with Gasteiger partial charge in [-0.2, -0.15) is 13.2 Å². The van der Waals surface area contributed by atoms with Gasteiger partial charge in [0.05, 0.1) is 5.56 Å². The SMILES string of the molecule is CCC1(c2ccc(F)c(C(F)(F)F)c2)CCCN1. The van der Waals surface area contributed by atoms with Gasteiger partial charge >= 0.3 is 6.18 Å². The Morgan fingerprint density at radius 2 is 2.06 bits per heavy atom. The van der Waals surface area contributed by atoms with Crippen LogP contribution in [-0.4, -0.2) is 6.54 Å². The van der Waals surface area contributed by atoms with Crippen molar-refractivity contribution in [1.29, 1.82) is 0 Å². The van der Waals surface area contributed by atoms with E-state index in [1.54, 1.807) is 0 Å². The van der Waals surface area contributed by atoms with Crippen molar-refractivity contribution in [3.05, 3.63) is 35.1 Å². The minimum atomic E-state index is -4.65. The maximum Gasteiger partial charge on any atom is 0.419 e. The molecule has 0 amide bonds. The Bertz CT molecular complexity index is 433. The zero-order chi connectivity index (χ0) is 13.4. The maximum atomic E-state index is 13.2. The van der Waals surface area contributed by atoms with Gasteiger partial charge in [0.25, 0.3) is 0 Å². The highest BCUT2D eigenvalue weighted by atomic mass is 19.4. The van der Waals surface area contributed by atoms with Gasteiger partial charge in [-0.25, -0.2) is 4.39 Å². The lowest BCUT2D eigenvalue weighted by molar-refractivity contribution is -0.140. The van der Waals surface area contributed by atoms with Crippen molar-refractivity contribution >= 4 is 0 Å². The molecule has 2 rings (SSSR count). The van der Waals surface area contributed by atoms with Crippen LogP contribution in [0.4, 0.5) is 17.6 Å². The number of hydrogen-bond acceptors (Lipinski definition) is 1. The molecule has 1 aromatic carbocycles. The topological polar surface area (TPSA) is 12.0 Å². The summed E-state index contributed by atoms with van der Waals surface area (Å²) < 4.78 is 51.3. The Balaban J connectivity index is 2.46. The summed E-state index contributed by atoms with van der Waals surface area (Å²) in [6.07, 6.45) is -2.25. The first-order chi connectivity index (χ1) is 8.39. The predicted molar refractivity (Wildman–Crippen MR) is 60.6 cm³/mol. The van der Waals surface area contributed by atoms with Crippen LogP contribution in [0.1, 0.15) is 37.3 Å². The summed E-state index contributed by atoms with van der Waals surface area (Å²) >= 11 is 0. The molecular formula is C13H15F4N. The molecule has 1 saturated heterocycles. The van der Waals surface area contributed by atoms with Crippen molar-refractivity contribution in [1.82, 2.24) is 5.32 Å². The summed E-state index contributed by atoms with van der Waals surface area (Å²) in [5, 5.41) is 3.24. The molecule has 18 heavy (non-hydrogen) atoms. The average Bonchev–Trinajstić information content (AvgIpc) is 2.78. The average molecular weight is 261 g/mol. The van der Waals surface area contributed by atoms with Crippen LogP contribution in [-0.2, 0) is 11.7 Å². The molecule has 1 aliphatic heterocycles. The number of halogens is 4. The first kappa shape index (κ1) is 13.3. The van der Waals surface area contributed by atoms with Crippen molar-refractivity contribution < 1.29 is 17.6 Å². The van der Waals surface area contributed by atoms with E-state index < -0.39 is 23.1 Å². The minimum Gasteiger partial charge on any atom is -0.307 e. The summed E-state index contributed by atoms with van der Waals surface area (Å²) in [5.74, 6) is -1.21. The lowest BCUT2D eigenvalue weighted by Crippen LogP contribution is -2.36. The number of nitrogens with one attached hydrogen (secondary N) is 1. The summed E-state index contributed by atoms with van der Waals surface area (Å²) in [6.45, 7) is 2.71. The molecule has 0 aromatic heterocycles. The molecule has 1 heterocycles. The fourth-order valence-corrected chi connectivity index (χ4v) is 2.60. The van der Waals surface area contributed by atoms with E-state index in [-0.39, 0.29) is 0 Å². The molecule has 1 unspecified atom stereocenters. The molecule has 1 aromatic rings. The van der Waals surface area contributed by atoms with Crippen molar-refractivity contribution in [2.45, 2.75) is 37.9 Å². The summed E-state index contributed by atoms with van der Waals surface area (Å²) in [5.41, 5.74) is -1.09. The van der Waals surface area contributed by atoms with E-state index in [1.807, 2.05) is 6.92 Å². The van der Waals surface area contributed by atoms with Crippen molar-refractivity contribution in [3.8, 4) is 0 Å². The Hall–Kier alpha value is -1.10. The van der Waals surface area contributed by atoms with Crippen LogP contribution in [0.5, 0.6) is 0 Å². The first-order valence-electron chi connectivity index (χ1n) is 6.01.